The van der Waals surface area contributed by atoms with E-state index in [2.05, 4.69) is 6.92 Å². The van der Waals surface area contributed by atoms with E-state index in [0.717, 1.165) is 53.8 Å². The fourth-order valence-corrected chi connectivity index (χ4v) is 5.74. The van der Waals surface area contributed by atoms with Crippen LogP contribution in [0, 0.1) is 5.82 Å². The minimum Gasteiger partial charge on any atom is -0.489 e. The number of aromatic nitrogens is 2. The molecule has 204 valence electrons. The Labute approximate surface area is 243 Å². The second-order valence-electron chi connectivity index (χ2n) is 9.55. The van der Waals surface area contributed by atoms with E-state index in [4.69, 9.17) is 22.1 Å². The lowest BCUT2D eigenvalue weighted by molar-refractivity contribution is -0.122. The average molecular weight is 572 g/mol. The maximum Gasteiger partial charge on any atom is 0.266 e. The van der Waals surface area contributed by atoms with E-state index in [0.29, 0.717) is 28.1 Å². The van der Waals surface area contributed by atoms with Gasteiger partial charge >= 0.3 is 0 Å². The number of rotatable bonds is 11. The van der Waals surface area contributed by atoms with E-state index >= 15 is 0 Å². The van der Waals surface area contributed by atoms with Crippen LogP contribution in [-0.2, 0) is 11.4 Å². The molecule has 0 radical (unpaired) electrons. The van der Waals surface area contributed by atoms with Crippen LogP contribution in [0.3, 0.4) is 0 Å². The van der Waals surface area contributed by atoms with Gasteiger partial charge in [-0.2, -0.15) is 5.10 Å². The van der Waals surface area contributed by atoms with E-state index in [1.807, 2.05) is 71.6 Å². The number of benzene rings is 3. The first kappa shape index (κ1) is 27.8. The van der Waals surface area contributed by atoms with Crippen molar-refractivity contribution in [3.63, 3.8) is 0 Å². The summed E-state index contributed by atoms with van der Waals surface area (Å²) in [6.45, 7) is 3.13. The van der Waals surface area contributed by atoms with Crippen LogP contribution >= 0.6 is 24.0 Å². The van der Waals surface area contributed by atoms with Gasteiger partial charge in [-0.1, -0.05) is 92.6 Å². The van der Waals surface area contributed by atoms with E-state index in [9.17, 15) is 9.18 Å². The number of thiocarbonyl (C=S) groups is 1. The molecule has 0 spiro atoms. The van der Waals surface area contributed by atoms with Crippen LogP contribution in [0.15, 0.2) is 90.0 Å². The second-order valence-corrected chi connectivity index (χ2v) is 11.2. The number of hydrogen-bond acceptors (Lipinski definition) is 5. The van der Waals surface area contributed by atoms with Gasteiger partial charge in [0.1, 0.15) is 28.2 Å². The number of ether oxygens (including phenoxy) is 1. The van der Waals surface area contributed by atoms with Crippen molar-refractivity contribution >= 4 is 40.3 Å². The zero-order chi connectivity index (χ0) is 27.9. The third-order valence-corrected chi connectivity index (χ3v) is 7.96. The van der Waals surface area contributed by atoms with Crippen LogP contribution in [0.4, 0.5) is 4.39 Å². The summed E-state index contributed by atoms with van der Waals surface area (Å²) in [6, 6.07) is 23.8. The molecule has 0 saturated carbocycles. The fourth-order valence-electron chi connectivity index (χ4n) is 4.44. The molecule has 5 nitrogen and oxygen atoms in total. The van der Waals surface area contributed by atoms with Crippen molar-refractivity contribution < 1.29 is 13.9 Å². The molecule has 1 saturated heterocycles. The summed E-state index contributed by atoms with van der Waals surface area (Å²) in [5.41, 5.74) is 4.18. The highest BCUT2D eigenvalue weighted by molar-refractivity contribution is 8.26. The van der Waals surface area contributed by atoms with Gasteiger partial charge in [0, 0.05) is 23.9 Å². The fraction of sp³-hybridized carbons (Fsp3) is 0.219. The summed E-state index contributed by atoms with van der Waals surface area (Å²) in [7, 11) is 0. The lowest BCUT2D eigenvalue weighted by Gasteiger charge is -2.13. The monoisotopic (exact) mass is 571 g/mol. The molecule has 0 aliphatic carbocycles. The smallest absolute Gasteiger partial charge is 0.266 e. The zero-order valence-corrected chi connectivity index (χ0v) is 23.9. The van der Waals surface area contributed by atoms with Gasteiger partial charge in [-0.25, -0.2) is 9.07 Å². The molecule has 40 heavy (non-hydrogen) atoms. The Hall–Kier alpha value is -3.75. The second kappa shape index (κ2) is 13.1. The molecule has 1 aliphatic rings. The molecule has 1 aromatic heterocycles. The number of para-hydroxylation sites is 1. The minimum absolute atomic E-state index is 0.0544. The van der Waals surface area contributed by atoms with Crippen molar-refractivity contribution in [3.8, 4) is 22.7 Å². The molecule has 4 aromatic rings. The van der Waals surface area contributed by atoms with Gasteiger partial charge in [0.05, 0.1) is 10.6 Å². The van der Waals surface area contributed by atoms with Gasteiger partial charge in [0.25, 0.3) is 5.91 Å². The van der Waals surface area contributed by atoms with Crippen molar-refractivity contribution in [1.82, 2.24) is 14.7 Å². The zero-order valence-electron chi connectivity index (χ0n) is 22.3. The summed E-state index contributed by atoms with van der Waals surface area (Å²) in [4.78, 5) is 15.6. The van der Waals surface area contributed by atoms with Gasteiger partial charge in [-0.05, 0) is 54.5 Å². The first-order valence-corrected chi connectivity index (χ1v) is 14.6. The highest BCUT2D eigenvalue weighted by Gasteiger charge is 2.32. The first-order valence-electron chi connectivity index (χ1n) is 13.4. The van der Waals surface area contributed by atoms with Crippen LogP contribution in [0.25, 0.3) is 23.0 Å². The maximum absolute atomic E-state index is 13.3. The standard InChI is InChI=1S/C32H30FN3O2S2/c1-2-3-4-8-18-35-31(37)29(40-32(35)39)20-25-21-36(27-11-6-5-7-12-27)34-30(25)24-10-9-13-28(19-24)38-22-23-14-16-26(33)17-15-23/h5-7,9-17,19-21H,2-4,8,18,22H2,1H3/b29-20-. The molecule has 1 amide bonds. The van der Waals surface area contributed by atoms with Gasteiger partial charge < -0.3 is 4.74 Å². The van der Waals surface area contributed by atoms with Crippen molar-refractivity contribution in [1.29, 1.82) is 0 Å². The third-order valence-electron chi connectivity index (χ3n) is 6.58. The van der Waals surface area contributed by atoms with Gasteiger partial charge in [0.2, 0.25) is 0 Å². The number of carbonyl (C=O) groups excluding carboxylic acids is 1. The van der Waals surface area contributed by atoms with Crippen LogP contribution in [0.2, 0.25) is 0 Å². The van der Waals surface area contributed by atoms with E-state index in [1.165, 1.54) is 23.9 Å². The van der Waals surface area contributed by atoms with Gasteiger partial charge in [0.15, 0.2) is 0 Å². The van der Waals surface area contributed by atoms with Crippen LogP contribution < -0.4 is 4.74 Å². The topological polar surface area (TPSA) is 47.4 Å². The van der Waals surface area contributed by atoms with E-state index < -0.39 is 0 Å². The number of nitrogens with zero attached hydrogens (tertiary/aromatic N) is 3. The number of halogens is 1. The minimum atomic E-state index is -0.277. The highest BCUT2D eigenvalue weighted by Crippen LogP contribution is 2.35. The highest BCUT2D eigenvalue weighted by atomic mass is 32.2. The number of hydrogen-bond donors (Lipinski definition) is 0. The van der Waals surface area contributed by atoms with Crippen LogP contribution in [0.5, 0.6) is 5.75 Å². The number of amides is 1. The molecule has 0 N–H and O–H groups in total. The van der Waals surface area contributed by atoms with Gasteiger partial charge in [-0.3, -0.25) is 9.69 Å². The Balaban J connectivity index is 1.43. The Bertz CT molecular complexity index is 1520. The molecule has 0 bridgehead atoms. The normalized spacial score (nSPS) is 14.3. The largest absolute Gasteiger partial charge is 0.489 e. The summed E-state index contributed by atoms with van der Waals surface area (Å²) in [5.74, 6) is 0.336. The summed E-state index contributed by atoms with van der Waals surface area (Å²) in [5, 5.41) is 4.90. The number of thioether (sulfide) groups is 1. The molecule has 1 aliphatic heterocycles. The molecule has 8 heteroatoms. The molecular weight excluding hydrogens is 542 g/mol. The third kappa shape index (κ3) is 6.69. The predicted octanol–water partition coefficient (Wildman–Crippen LogP) is 8.04. The van der Waals surface area contributed by atoms with Crippen molar-refractivity contribution in [2.45, 2.75) is 39.2 Å². The van der Waals surface area contributed by atoms with E-state index in [-0.39, 0.29) is 11.7 Å². The summed E-state index contributed by atoms with van der Waals surface area (Å²) < 4.78 is 21.7. The molecular formula is C32H30FN3O2S2. The SMILES string of the molecule is CCCCCCN1C(=O)/C(=C/c2cn(-c3ccccc3)nc2-c2cccc(OCc3ccc(F)cc3)c2)SC1=S. The number of carbonyl (C=O) groups is 1. The Morgan fingerprint density at radius 2 is 1.80 bits per heavy atom. The lowest BCUT2D eigenvalue weighted by Crippen LogP contribution is -2.29. The van der Waals surface area contributed by atoms with Gasteiger partial charge in [-0.15, -0.1) is 0 Å². The molecule has 2 heterocycles. The molecule has 1 fully saturated rings. The van der Waals surface area contributed by atoms with Crippen molar-refractivity contribution in [2.75, 3.05) is 6.54 Å². The van der Waals surface area contributed by atoms with Crippen LogP contribution in [-0.4, -0.2) is 31.5 Å². The van der Waals surface area contributed by atoms with Crippen molar-refractivity contribution in [3.05, 3.63) is 107 Å². The first-order chi connectivity index (χ1) is 19.5. The van der Waals surface area contributed by atoms with Crippen molar-refractivity contribution in [2.24, 2.45) is 0 Å². The van der Waals surface area contributed by atoms with E-state index in [1.54, 1.807) is 17.0 Å². The van der Waals surface area contributed by atoms with Crippen LogP contribution in [0.1, 0.15) is 43.7 Å². The Morgan fingerprint density at radius 1 is 1.00 bits per heavy atom. The lowest BCUT2D eigenvalue weighted by atomic mass is 10.1. The summed E-state index contributed by atoms with van der Waals surface area (Å²) >= 11 is 6.90. The maximum atomic E-state index is 13.3. The quantitative estimate of drug-likeness (QED) is 0.104. The number of unbranched alkanes of at least 4 members (excludes halogenated alkanes) is 3. The Kier molecular flexibility index (Phi) is 9.08. The molecule has 0 atom stereocenters. The average Bonchev–Trinajstić information content (AvgIpc) is 3.52. The Morgan fingerprint density at radius 3 is 2.58 bits per heavy atom. The summed E-state index contributed by atoms with van der Waals surface area (Å²) in [6.07, 6.45) is 8.14. The molecule has 5 rings (SSSR count). The molecule has 0 unspecified atom stereocenters. The molecule has 3 aromatic carbocycles. The predicted molar refractivity (Wildman–Crippen MR) is 164 cm³/mol.